The first-order valence-electron chi connectivity index (χ1n) is 5.95. The van der Waals surface area contributed by atoms with Gasteiger partial charge < -0.3 is 5.32 Å². The number of rotatable bonds is 4. The Morgan fingerprint density at radius 1 is 1.39 bits per heavy atom. The van der Waals surface area contributed by atoms with Crippen molar-refractivity contribution in [3.8, 4) is 0 Å². The van der Waals surface area contributed by atoms with E-state index in [1.54, 1.807) is 6.20 Å². The molecule has 0 bridgehead atoms. The number of aryl methyl sites for hydroxylation is 1. The molecular weight excluding hydrogens is 248 g/mol. The van der Waals surface area contributed by atoms with E-state index in [0.29, 0.717) is 11.2 Å². The van der Waals surface area contributed by atoms with Crippen LogP contribution in [0.1, 0.15) is 31.0 Å². The Bertz CT molecular complexity index is 534. The molecule has 0 amide bonds. The zero-order chi connectivity index (χ0) is 13.1. The van der Waals surface area contributed by atoms with Gasteiger partial charge in [-0.1, -0.05) is 11.6 Å². The largest absolute Gasteiger partial charge is 0.379 e. The molecule has 0 unspecified atom stereocenters. The highest BCUT2D eigenvalue weighted by Crippen LogP contribution is 2.17. The molecule has 0 atom stereocenters. The average molecular weight is 265 g/mol. The molecule has 2 aromatic rings. The molecule has 2 aromatic heterocycles. The van der Waals surface area contributed by atoms with Gasteiger partial charge in [0.15, 0.2) is 0 Å². The third kappa shape index (κ3) is 3.01. The van der Waals surface area contributed by atoms with Crippen LogP contribution in [-0.2, 0) is 6.54 Å². The number of pyridine rings is 1. The van der Waals surface area contributed by atoms with E-state index in [-0.39, 0.29) is 0 Å². The molecule has 1 N–H and O–H groups in total. The number of hydrogen-bond donors (Lipinski definition) is 1. The molecule has 0 saturated carbocycles. The maximum absolute atomic E-state index is 5.82. The van der Waals surface area contributed by atoms with Crippen LogP contribution in [0.3, 0.4) is 0 Å². The van der Waals surface area contributed by atoms with E-state index < -0.39 is 0 Å². The second-order valence-corrected chi connectivity index (χ2v) is 4.99. The van der Waals surface area contributed by atoms with Crippen molar-refractivity contribution in [2.75, 3.05) is 5.32 Å². The molecule has 4 nitrogen and oxygen atoms in total. The quantitative estimate of drug-likeness (QED) is 0.861. The Balaban J connectivity index is 2.02. The van der Waals surface area contributed by atoms with Crippen molar-refractivity contribution < 1.29 is 0 Å². The summed E-state index contributed by atoms with van der Waals surface area (Å²) < 4.78 is 1.95. The SMILES string of the molecule is Cc1cc(Cl)ncc1NCc1cnn(C(C)C)c1. The van der Waals surface area contributed by atoms with Crippen molar-refractivity contribution in [2.24, 2.45) is 0 Å². The monoisotopic (exact) mass is 264 g/mol. The van der Waals surface area contributed by atoms with Crippen LogP contribution < -0.4 is 5.32 Å². The predicted molar refractivity (Wildman–Crippen MR) is 73.9 cm³/mol. The van der Waals surface area contributed by atoms with Gasteiger partial charge in [-0.3, -0.25) is 4.68 Å². The van der Waals surface area contributed by atoms with E-state index in [1.165, 1.54) is 0 Å². The van der Waals surface area contributed by atoms with Gasteiger partial charge in [-0.15, -0.1) is 0 Å². The van der Waals surface area contributed by atoms with E-state index in [0.717, 1.165) is 23.4 Å². The Kier molecular flexibility index (Phi) is 3.87. The molecule has 18 heavy (non-hydrogen) atoms. The first-order valence-corrected chi connectivity index (χ1v) is 6.33. The molecular formula is C13H17ClN4. The summed E-state index contributed by atoms with van der Waals surface area (Å²) in [5, 5.41) is 8.16. The summed E-state index contributed by atoms with van der Waals surface area (Å²) in [5.74, 6) is 0. The molecule has 2 rings (SSSR count). The molecule has 0 aromatic carbocycles. The van der Waals surface area contributed by atoms with Crippen LogP contribution >= 0.6 is 11.6 Å². The molecule has 2 heterocycles. The van der Waals surface area contributed by atoms with Gasteiger partial charge in [0.05, 0.1) is 18.1 Å². The normalized spacial score (nSPS) is 10.9. The maximum Gasteiger partial charge on any atom is 0.129 e. The number of hydrogen-bond acceptors (Lipinski definition) is 3. The first kappa shape index (κ1) is 12.9. The van der Waals surface area contributed by atoms with Gasteiger partial charge in [0.1, 0.15) is 5.15 Å². The van der Waals surface area contributed by atoms with Crippen molar-refractivity contribution in [3.63, 3.8) is 0 Å². The summed E-state index contributed by atoms with van der Waals surface area (Å²) in [6.45, 7) is 6.96. The molecule has 0 aliphatic heterocycles. The predicted octanol–water partition coefficient (Wildman–Crippen LogP) is 3.43. The summed E-state index contributed by atoms with van der Waals surface area (Å²) in [5.41, 5.74) is 3.24. The second-order valence-electron chi connectivity index (χ2n) is 4.60. The van der Waals surface area contributed by atoms with Gasteiger partial charge in [0.25, 0.3) is 0 Å². The number of halogens is 1. The third-order valence-corrected chi connectivity index (χ3v) is 2.95. The zero-order valence-corrected chi connectivity index (χ0v) is 11.6. The number of nitrogens with one attached hydrogen (secondary N) is 1. The highest BCUT2D eigenvalue weighted by molar-refractivity contribution is 6.29. The minimum Gasteiger partial charge on any atom is -0.379 e. The standard InChI is InChI=1S/C13H17ClN4/c1-9(2)18-8-11(6-17-18)5-15-12-7-16-13(14)4-10(12)3/h4,6-9,15H,5H2,1-3H3. The average Bonchev–Trinajstić information content (AvgIpc) is 2.76. The van der Waals surface area contributed by atoms with Crippen LogP contribution in [0, 0.1) is 6.92 Å². The third-order valence-electron chi connectivity index (χ3n) is 2.74. The van der Waals surface area contributed by atoms with Crippen molar-refractivity contribution >= 4 is 17.3 Å². The first-order chi connectivity index (χ1) is 8.56. The Labute approximate surface area is 112 Å². The number of nitrogens with zero attached hydrogens (tertiary/aromatic N) is 3. The van der Waals surface area contributed by atoms with Gasteiger partial charge in [-0.25, -0.2) is 4.98 Å². The lowest BCUT2D eigenvalue weighted by atomic mass is 10.2. The highest BCUT2D eigenvalue weighted by atomic mass is 35.5. The summed E-state index contributed by atoms with van der Waals surface area (Å²) in [7, 11) is 0. The van der Waals surface area contributed by atoms with E-state index in [1.807, 2.05) is 23.9 Å². The van der Waals surface area contributed by atoms with Crippen LogP contribution in [0.2, 0.25) is 5.15 Å². The lowest BCUT2D eigenvalue weighted by molar-refractivity contribution is 0.532. The van der Waals surface area contributed by atoms with Crippen LogP contribution in [0.25, 0.3) is 0 Å². The molecule has 5 heteroatoms. The topological polar surface area (TPSA) is 42.7 Å². The van der Waals surface area contributed by atoms with Crippen LogP contribution in [-0.4, -0.2) is 14.8 Å². The minimum atomic E-state index is 0.387. The van der Waals surface area contributed by atoms with Crippen molar-refractivity contribution in [1.29, 1.82) is 0 Å². The zero-order valence-electron chi connectivity index (χ0n) is 10.8. The van der Waals surface area contributed by atoms with Crippen molar-refractivity contribution in [3.05, 3.63) is 40.9 Å². The van der Waals surface area contributed by atoms with Gasteiger partial charge in [-0.05, 0) is 32.4 Å². The van der Waals surface area contributed by atoms with Gasteiger partial charge >= 0.3 is 0 Å². The summed E-state index contributed by atoms with van der Waals surface area (Å²) in [6, 6.07) is 2.24. The molecule has 0 saturated heterocycles. The number of anilines is 1. The minimum absolute atomic E-state index is 0.387. The smallest absolute Gasteiger partial charge is 0.129 e. The lowest BCUT2D eigenvalue weighted by Crippen LogP contribution is -2.02. The summed E-state index contributed by atoms with van der Waals surface area (Å²) in [4.78, 5) is 4.07. The van der Waals surface area contributed by atoms with Crippen LogP contribution in [0.5, 0.6) is 0 Å². The van der Waals surface area contributed by atoms with E-state index >= 15 is 0 Å². The van der Waals surface area contributed by atoms with Crippen molar-refractivity contribution in [2.45, 2.75) is 33.4 Å². The molecule has 0 spiro atoms. The Hall–Kier alpha value is -1.55. The van der Waals surface area contributed by atoms with Gasteiger partial charge in [0.2, 0.25) is 0 Å². The Morgan fingerprint density at radius 2 is 2.17 bits per heavy atom. The fraction of sp³-hybridized carbons (Fsp3) is 0.385. The second kappa shape index (κ2) is 5.40. The lowest BCUT2D eigenvalue weighted by Gasteiger charge is -2.08. The maximum atomic E-state index is 5.82. The Morgan fingerprint density at radius 3 is 2.78 bits per heavy atom. The van der Waals surface area contributed by atoms with Crippen LogP contribution in [0.4, 0.5) is 5.69 Å². The van der Waals surface area contributed by atoms with E-state index in [9.17, 15) is 0 Å². The molecule has 96 valence electrons. The fourth-order valence-electron chi connectivity index (χ4n) is 1.66. The fourth-order valence-corrected chi connectivity index (χ4v) is 1.87. The molecule has 0 radical (unpaired) electrons. The van der Waals surface area contributed by atoms with E-state index in [2.05, 4.69) is 35.4 Å². The molecule has 0 fully saturated rings. The van der Waals surface area contributed by atoms with Gasteiger partial charge in [0, 0.05) is 24.3 Å². The highest BCUT2D eigenvalue weighted by Gasteiger charge is 2.03. The summed E-state index contributed by atoms with van der Waals surface area (Å²) in [6.07, 6.45) is 5.69. The number of aromatic nitrogens is 3. The van der Waals surface area contributed by atoms with E-state index in [4.69, 9.17) is 11.6 Å². The van der Waals surface area contributed by atoms with Gasteiger partial charge in [-0.2, -0.15) is 5.10 Å². The molecule has 0 aliphatic rings. The molecule has 0 aliphatic carbocycles. The van der Waals surface area contributed by atoms with Crippen LogP contribution in [0.15, 0.2) is 24.7 Å². The summed E-state index contributed by atoms with van der Waals surface area (Å²) >= 11 is 5.82. The van der Waals surface area contributed by atoms with Crippen molar-refractivity contribution in [1.82, 2.24) is 14.8 Å².